The number of para-hydroxylation sites is 2. The highest BCUT2D eigenvalue weighted by Gasteiger charge is 2.11. The second-order valence-corrected chi connectivity index (χ2v) is 6.01. The second kappa shape index (κ2) is 6.20. The van der Waals surface area contributed by atoms with Gasteiger partial charge in [-0.15, -0.1) is 0 Å². The van der Waals surface area contributed by atoms with Gasteiger partial charge in [-0.2, -0.15) is 0 Å². The molecule has 3 nitrogen and oxygen atoms in total. The molecule has 0 saturated carbocycles. The van der Waals surface area contributed by atoms with Crippen LogP contribution in [0, 0.1) is 0 Å². The van der Waals surface area contributed by atoms with E-state index in [1.807, 2.05) is 24.3 Å². The van der Waals surface area contributed by atoms with Gasteiger partial charge in [-0.05, 0) is 35.4 Å². The molecule has 0 aliphatic heterocycles. The van der Waals surface area contributed by atoms with E-state index in [0.29, 0.717) is 0 Å². The number of hydrogen-bond acceptors (Lipinski definition) is 2. The van der Waals surface area contributed by atoms with Crippen LogP contribution in [0.4, 0.5) is 5.69 Å². The van der Waals surface area contributed by atoms with Crippen molar-refractivity contribution < 1.29 is 0 Å². The molecule has 0 atom stereocenters. The van der Waals surface area contributed by atoms with Crippen molar-refractivity contribution in [3.63, 3.8) is 0 Å². The van der Waals surface area contributed by atoms with Gasteiger partial charge in [0.15, 0.2) is 0 Å². The summed E-state index contributed by atoms with van der Waals surface area (Å²) >= 11 is 0. The molecule has 0 saturated heterocycles. The Bertz CT molecular complexity index is 953. The van der Waals surface area contributed by atoms with Gasteiger partial charge in [0.25, 0.3) is 0 Å². The average Bonchev–Trinajstić information content (AvgIpc) is 2.95. The molecule has 1 aromatic heterocycles. The van der Waals surface area contributed by atoms with E-state index in [1.54, 1.807) is 0 Å². The summed E-state index contributed by atoms with van der Waals surface area (Å²) in [7, 11) is 0. The number of anilines is 1. The number of imidazole rings is 1. The maximum Gasteiger partial charge on any atom is 0.114 e. The third-order valence-corrected chi connectivity index (χ3v) is 4.26. The fourth-order valence-corrected chi connectivity index (χ4v) is 3.02. The fourth-order valence-electron chi connectivity index (χ4n) is 3.02. The van der Waals surface area contributed by atoms with E-state index in [9.17, 15) is 0 Å². The topological polar surface area (TPSA) is 43.8 Å². The van der Waals surface area contributed by atoms with E-state index in [2.05, 4.69) is 59.2 Å². The lowest BCUT2D eigenvalue weighted by Crippen LogP contribution is -2.06. The van der Waals surface area contributed by atoms with Gasteiger partial charge < -0.3 is 10.3 Å². The normalized spacial score (nSPS) is 11.0. The van der Waals surface area contributed by atoms with Crippen molar-refractivity contribution in [2.24, 2.45) is 0 Å². The molecule has 0 aliphatic carbocycles. The van der Waals surface area contributed by atoms with E-state index in [0.717, 1.165) is 30.0 Å². The molecule has 4 rings (SSSR count). The van der Waals surface area contributed by atoms with E-state index < -0.39 is 0 Å². The first kappa shape index (κ1) is 14.5. The Balaban J connectivity index is 1.76. The molecule has 0 amide bonds. The molecule has 118 valence electrons. The molecule has 0 bridgehead atoms. The van der Waals surface area contributed by atoms with Crippen molar-refractivity contribution in [1.29, 1.82) is 0 Å². The highest BCUT2D eigenvalue weighted by atomic mass is 15.1. The summed E-state index contributed by atoms with van der Waals surface area (Å²) in [6.45, 7) is 0.825. The minimum Gasteiger partial charge on any atom is -0.399 e. The standard InChI is InChI=1S/C21H19N3/c22-18-12-10-16(11-13-18)14-21-23-19-8-4-5-9-20(19)24(21)15-17-6-2-1-3-7-17/h1-13H,14-15,22H2. The molecule has 4 aromatic rings. The van der Waals surface area contributed by atoms with Crippen LogP contribution in [-0.4, -0.2) is 9.55 Å². The fraction of sp³-hybridized carbons (Fsp3) is 0.0952. The van der Waals surface area contributed by atoms with Crippen molar-refractivity contribution in [2.45, 2.75) is 13.0 Å². The van der Waals surface area contributed by atoms with E-state index >= 15 is 0 Å². The molecular weight excluding hydrogens is 294 g/mol. The monoisotopic (exact) mass is 313 g/mol. The maximum atomic E-state index is 5.79. The van der Waals surface area contributed by atoms with Crippen molar-refractivity contribution in [1.82, 2.24) is 9.55 Å². The minimum atomic E-state index is 0.788. The summed E-state index contributed by atoms with van der Waals surface area (Å²) in [4.78, 5) is 4.86. The number of fused-ring (bicyclic) bond motifs is 1. The van der Waals surface area contributed by atoms with Crippen LogP contribution in [0.2, 0.25) is 0 Å². The lowest BCUT2D eigenvalue weighted by molar-refractivity contribution is 0.762. The highest BCUT2D eigenvalue weighted by Crippen LogP contribution is 2.20. The Kier molecular flexibility index (Phi) is 3.75. The number of hydrogen-bond donors (Lipinski definition) is 1. The minimum absolute atomic E-state index is 0.788. The zero-order valence-electron chi connectivity index (χ0n) is 13.4. The number of nitrogens with zero attached hydrogens (tertiary/aromatic N) is 2. The van der Waals surface area contributed by atoms with Crippen molar-refractivity contribution in [3.05, 3.63) is 95.8 Å². The Labute approximate surface area is 141 Å². The third kappa shape index (κ3) is 2.88. The summed E-state index contributed by atoms with van der Waals surface area (Å²) in [5, 5.41) is 0. The molecule has 3 aromatic carbocycles. The first-order chi connectivity index (χ1) is 11.8. The summed E-state index contributed by atoms with van der Waals surface area (Å²) in [5.41, 5.74) is 11.3. The smallest absolute Gasteiger partial charge is 0.114 e. The summed E-state index contributed by atoms with van der Waals surface area (Å²) in [5.74, 6) is 1.07. The number of benzene rings is 3. The van der Waals surface area contributed by atoms with Gasteiger partial charge in [0, 0.05) is 18.7 Å². The van der Waals surface area contributed by atoms with E-state index in [4.69, 9.17) is 10.7 Å². The first-order valence-electron chi connectivity index (χ1n) is 8.12. The molecule has 0 radical (unpaired) electrons. The Hall–Kier alpha value is -3.07. The SMILES string of the molecule is Nc1ccc(Cc2nc3ccccc3n2Cc2ccccc2)cc1. The van der Waals surface area contributed by atoms with E-state index in [-0.39, 0.29) is 0 Å². The van der Waals surface area contributed by atoms with Gasteiger partial charge >= 0.3 is 0 Å². The lowest BCUT2D eigenvalue weighted by Gasteiger charge is -2.10. The summed E-state index contributed by atoms with van der Waals surface area (Å²) in [6.07, 6.45) is 0.793. The molecule has 2 N–H and O–H groups in total. The van der Waals surface area contributed by atoms with Gasteiger partial charge in [0.1, 0.15) is 5.82 Å². The van der Waals surface area contributed by atoms with E-state index in [1.165, 1.54) is 16.6 Å². The Morgan fingerprint density at radius 2 is 1.46 bits per heavy atom. The number of nitrogen functional groups attached to an aromatic ring is 1. The number of nitrogens with two attached hydrogens (primary N) is 1. The molecular formula is C21H19N3. The van der Waals surface area contributed by atoms with Gasteiger partial charge in [0.05, 0.1) is 11.0 Å². The van der Waals surface area contributed by atoms with Crippen LogP contribution in [0.15, 0.2) is 78.9 Å². The predicted molar refractivity (Wildman–Crippen MR) is 98.9 cm³/mol. The van der Waals surface area contributed by atoms with Gasteiger partial charge in [0.2, 0.25) is 0 Å². The molecule has 0 unspecified atom stereocenters. The average molecular weight is 313 g/mol. The van der Waals surface area contributed by atoms with Crippen molar-refractivity contribution in [3.8, 4) is 0 Å². The summed E-state index contributed by atoms with van der Waals surface area (Å²) in [6, 6.07) is 26.9. The third-order valence-electron chi connectivity index (χ3n) is 4.26. The van der Waals surface area contributed by atoms with Gasteiger partial charge in [-0.3, -0.25) is 0 Å². The second-order valence-electron chi connectivity index (χ2n) is 6.01. The van der Waals surface area contributed by atoms with Crippen LogP contribution >= 0.6 is 0 Å². The highest BCUT2D eigenvalue weighted by molar-refractivity contribution is 5.76. The molecule has 0 fully saturated rings. The number of aromatic nitrogens is 2. The van der Waals surface area contributed by atoms with Crippen molar-refractivity contribution >= 4 is 16.7 Å². The van der Waals surface area contributed by atoms with Gasteiger partial charge in [-0.25, -0.2) is 4.98 Å². The quantitative estimate of drug-likeness (QED) is 0.572. The largest absolute Gasteiger partial charge is 0.399 e. The molecule has 0 aliphatic rings. The Morgan fingerprint density at radius 1 is 0.750 bits per heavy atom. The molecule has 1 heterocycles. The van der Waals surface area contributed by atoms with Crippen LogP contribution in [0.3, 0.4) is 0 Å². The van der Waals surface area contributed by atoms with Crippen LogP contribution in [0.25, 0.3) is 11.0 Å². The van der Waals surface area contributed by atoms with Crippen molar-refractivity contribution in [2.75, 3.05) is 5.73 Å². The molecule has 3 heteroatoms. The molecule has 24 heavy (non-hydrogen) atoms. The first-order valence-corrected chi connectivity index (χ1v) is 8.12. The summed E-state index contributed by atoms with van der Waals surface area (Å²) < 4.78 is 2.31. The van der Waals surface area contributed by atoms with Gasteiger partial charge in [-0.1, -0.05) is 54.6 Å². The van der Waals surface area contributed by atoms with Crippen LogP contribution in [-0.2, 0) is 13.0 Å². The number of rotatable bonds is 4. The Morgan fingerprint density at radius 3 is 2.25 bits per heavy atom. The van der Waals surface area contributed by atoms with Crippen LogP contribution in [0.1, 0.15) is 17.0 Å². The van der Waals surface area contributed by atoms with Crippen LogP contribution < -0.4 is 5.73 Å². The zero-order valence-corrected chi connectivity index (χ0v) is 13.4. The maximum absolute atomic E-state index is 5.79. The zero-order chi connectivity index (χ0) is 16.4. The van der Waals surface area contributed by atoms with Crippen LogP contribution in [0.5, 0.6) is 0 Å². The predicted octanol–water partition coefficient (Wildman–Crippen LogP) is 4.26. The molecule has 0 spiro atoms. The lowest BCUT2D eigenvalue weighted by atomic mass is 10.1.